The lowest BCUT2D eigenvalue weighted by atomic mass is 10.2. The molecule has 0 aliphatic carbocycles. The van der Waals surface area contributed by atoms with Crippen molar-refractivity contribution in [2.24, 2.45) is 5.84 Å². The molecule has 0 saturated carbocycles. The van der Waals surface area contributed by atoms with Crippen LogP contribution in [0.5, 0.6) is 0 Å². The van der Waals surface area contributed by atoms with E-state index < -0.39 is 23.2 Å². The normalized spacial score (nSPS) is 11.3. The van der Waals surface area contributed by atoms with Crippen LogP contribution in [0.25, 0.3) is 0 Å². The van der Waals surface area contributed by atoms with Gasteiger partial charge in [-0.25, -0.2) is 15.2 Å². The van der Waals surface area contributed by atoms with E-state index in [0.717, 1.165) is 6.20 Å². The molecule has 1 aromatic carbocycles. The summed E-state index contributed by atoms with van der Waals surface area (Å²) in [4.78, 5) is 7.47. The number of hydrogen-bond acceptors (Lipinski definition) is 5. The molecule has 5 nitrogen and oxygen atoms in total. The number of hydrogen-bond donors (Lipinski definition) is 3. The molecule has 4 N–H and O–H groups in total. The molecule has 0 fully saturated rings. The Labute approximate surface area is 121 Å². The second-order valence-corrected chi connectivity index (χ2v) is 4.26. The third kappa shape index (κ3) is 3.50. The van der Waals surface area contributed by atoms with E-state index in [9.17, 15) is 17.6 Å². The molecule has 112 valence electrons. The first kappa shape index (κ1) is 15.3. The maximum Gasteiger partial charge on any atom is 0.416 e. The fourth-order valence-corrected chi connectivity index (χ4v) is 1.59. The maximum absolute atomic E-state index is 13.6. The fourth-order valence-electron chi connectivity index (χ4n) is 1.45. The Bertz CT molecular complexity index is 662. The van der Waals surface area contributed by atoms with Gasteiger partial charge in [-0.3, -0.25) is 5.43 Å². The Morgan fingerprint density at radius 2 is 1.95 bits per heavy atom. The van der Waals surface area contributed by atoms with E-state index in [2.05, 4.69) is 20.7 Å². The van der Waals surface area contributed by atoms with Crippen molar-refractivity contribution in [2.45, 2.75) is 6.18 Å². The Balaban J connectivity index is 2.39. The number of nitrogens with two attached hydrogens (primary N) is 1. The second-order valence-electron chi connectivity index (χ2n) is 3.85. The van der Waals surface area contributed by atoms with Crippen LogP contribution in [0, 0.1) is 5.82 Å². The van der Waals surface area contributed by atoms with Crippen molar-refractivity contribution in [3.05, 3.63) is 40.8 Å². The van der Waals surface area contributed by atoms with Crippen molar-refractivity contribution in [3.63, 3.8) is 0 Å². The average molecular weight is 322 g/mol. The third-order valence-corrected chi connectivity index (χ3v) is 2.70. The molecule has 0 unspecified atom stereocenters. The Hall–Kier alpha value is -2.13. The van der Waals surface area contributed by atoms with E-state index in [-0.39, 0.29) is 16.8 Å². The highest BCUT2D eigenvalue weighted by molar-refractivity contribution is 6.32. The molecular weight excluding hydrogens is 314 g/mol. The van der Waals surface area contributed by atoms with Crippen LogP contribution in [-0.4, -0.2) is 9.97 Å². The second kappa shape index (κ2) is 5.70. The Morgan fingerprint density at radius 3 is 2.57 bits per heavy atom. The summed E-state index contributed by atoms with van der Waals surface area (Å²) in [6.45, 7) is 0. The minimum atomic E-state index is -4.59. The fraction of sp³-hybridized carbons (Fsp3) is 0.0909. The zero-order valence-electron chi connectivity index (χ0n) is 10.2. The van der Waals surface area contributed by atoms with Crippen molar-refractivity contribution in [1.82, 2.24) is 9.97 Å². The summed E-state index contributed by atoms with van der Waals surface area (Å²) in [5.74, 6) is 4.10. The third-order valence-electron chi connectivity index (χ3n) is 2.42. The van der Waals surface area contributed by atoms with Gasteiger partial charge in [0.15, 0.2) is 5.82 Å². The smallest absolute Gasteiger partial charge is 0.336 e. The number of aromatic nitrogens is 2. The molecule has 1 heterocycles. The largest absolute Gasteiger partial charge is 0.416 e. The molecule has 0 amide bonds. The lowest BCUT2D eigenvalue weighted by Crippen LogP contribution is -2.11. The van der Waals surface area contributed by atoms with Gasteiger partial charge in [-0.15, -0.1) is 0 Å². The van der Waals surface area contributed by atoms with E-state index in [0.29, 0.717) is 18.2 Å². The summed E-state index contributed by atoms with van der Waals surface area (Å²) >= 11 is 5.78. The van der Waals surface area contributed by atoms with Crippen molar-refractivity contribution >= 4 is 29.1 Å². The number of nitrogen functional groups attached to an aromatic ring is 1. The minimum absolute atomic E-state index is 0.00851. The van der Waals surface area contributed by atoms with Gasteiger partial charge in [0.25, 0.3) is 0 Å². The monoisotopic (exact) mass is 321 g/mol. The predicted octanol–water partition coefficient (Wildman–Crippen LogP) is 3.32. The van der Waals surface area contributed by atoms with Crippen LogP contribution in [0.2, 0.25) is 5.02 Å². The molecule has 0 spiro atoms. The summed E-state index contributed by atoms with van der Waals surface area (Å²) in [5.41, 5.74) is 0.707. The molecule has 0 saturated heterocycles. The van der Waals surface area contributed by atoms with Gasteiger partial charge in [0.05, 0.1) is 17.4 Å². The van der Waals surface area contributed by atoms with Crippen LogP contribution in [0.1, 0.15) is 5.56 Å². The number of rotatable bonds is 3. The van der Waals surface area contributed by atoms with Crippen LogP contribution in [0.3, 0.4) is 0 Å². The van der Waals surface area contributed by atoms with Gasteiger partial charge in [-0.05, 0) is 18.2 Å². The molecule has 1 aromatic heterocycles. The summed E-state index contributed by atoms with van der Waals surface area (Å²) in [7, 11) is 0. The number of halogens is 5. The molecule has 21 heavy (non-hydrogen) atoms. The highest BCUT2D eigenvalue weighted by atomic mass is 35.5. The molecule has 0 atom stereocenters. The maximum atomic E-state index is 13.6. The van der Waals surface area contributed by atoms with E-state index in [1.54, 1.807) is 0 Å². The molecule has 2 rings (SSSR count). The topological polar surface area (TPSA) is 75.9 Å². The van der Waals surface area contributed by atoms with Gasteiger partial charge >= 0.3 is 6.18 Å². The van der Waals surface area contributed by atoms with Gasteiger partial charge in [0.2, 0.25) is 5.95 Å². The van der Waals surface area contributed by atoms with E-state index in [1.165, 1.54) is 0 Å². The van der Waals surface area contributed by atoms with Crippen LogP contribution in [-0.2, 0) is 6.18 Å². The van der Waals surface area contributed by atoms with Crippen molar-refractivity contribution in [3.8, 4) is 0 Å². The zero-order valence-corrected chi connectivity index (χ0v) is 10.9. The quantitative estimate of drug-likeness (QED) is 0.459. The number of hydrazine groups is 1. The average Bonchev–Trinajstić information content (AvgIpc) is 2.42. The van der Waals surface area contributed by atoms with E-state index >= 15 is 0 Å². The number of benzene rings is 1. The van der Waals surface area contributed by atoms with Crippen molar-refractivity contribution in [2.75, 3.05) is 10.7 Å². The molecule has 0 aliphatic heterocycles. The van der Waals surface area contributed by atoms with Crippen molar-refractivity contribution < 1.29 is 17.6 Å². The van der Waals surface area contributed by atoms with Gasteiger partial charge in [0.1, 0.15) is 10.8 Å². The Kier molecular flexibility index (Phi) is 4.14. The summed E-state index contributed by atoms with van der Waals surface area (Å²) in [6.07, 6.45) is -3.43. The first-order valence-corrected chi connectivity index (χ1v) is 5.82. The Morgan fingerprint density at radius 1 is 1.24 bits per heavy atom. The van der Waals surface area contributed by atoms with Crippen LogP contribution < -0.4 is 16.6 Å². The first-order chi connectivity index (χ1) is 9.81. The molecule has 0 radical (unpaired) electrons. The lowest BCUT2D eigenvalue weighted by molar-refractivity contribution is -0.137. The van der Waals surface area contributed by atoms with Gasteiger partial charge in [-0.2, -0.15) is 18.2 Å². The standard InChI is InChI=1S/C11H8ClF4N5/c12-6-4-18-10(21-17)20-9(6)19-8-3-5(11(14,15)16)1-2-7(8)13/h1-4H,17H2,(H2,18,19,20,21). The molecule has 0 aliphatic rings. The molecule has 2 aromatic rings. The van der Waals surface area contributed by atoms with Crippen molar-refractivity contribution in [1.29, 1.82) is 0 Å². The molecule has 0 bridgehead atoms. The number of alkyl halides is 3. The zero-order chi connectivity index (χ0) is 15.6. The minimum Gasteiger partial charge on any atom is -0.336 e. The highest BCUT2D eigenvalue weighted by Crippen LogP contribution is 2.33. The van der Waals surface area contributed by atoms with Gasteiger partial charge in [-0.1, -0.05) is 11.6 Å². The van der Waals surface area contributed by atoms with Crippen LogP contribution in [0.15, 0.2) is 24.4 Å². The molecular formula is C11H8ClF4N5. The van der Waals surface area contributed by atoms with Crippen LogP contribution in [0.4, 0.5) is 35.0 Å². The summed E-state index contributed by atoms with van der Waals surface area (Å²) < 4.78 is 51.4. The van der Waals surface area contributed by atoms with Gasteiger partial charge < -0.3 is 5.32 Å². The lowest BCUT2D eigenvalue weighted by Gasteiger charge is -2.12. The number of nitrogens with one attached hydrogen (secondary N) is 2. The summed E-state index contributed by atoms with van der Waals surface area (Å²) in [5, 5.41) is 2.37. The number of anilines is 3. The first-order valence-electron chi connectivity index (χ1n) is 5.44. The predicted molar refractivity (Wildman–Crippen MR) is 69.5 cm³/mol. The summed E-state index contributed by atoms with van der Waals surface area (Å²) in [6, 6.07) is 1.95. The highest BCUT2D eigenvalue weighted by Gasteiger charge is 2.31. The number of nitrogens with zero attached hydrogens (tertiary/aromatic N) is 2. The van der Waals surface area contributed by atoms with E-state index in [4.69, 9.17) is 17.4 Å². The molecule has 10 heteroatoms. The van der Waals surface area contributed by atoms with E-state index in [1.807, 2.05) is 0 Å². The SMILES string of the molecule is NNc1ncc(Cl)c(Nc2cc(C(F)(F)F)ccc2F)n1. The van der Waals surface area contributed by atoms with Crippen LogP contribution >= 0.6 is 11.6 Å². The van der Waals surface area contributed by atoms with Gasteiger partial charge in [0, 0.05) is 0 Å².